The molecule has 1 aromatic rings. The van der Waals surface area contributed by atoms with E-state index in [0.717, 1.165) is 0 Å². The van der Waals surface area contributed by atoms with E-state index in [-0.39, 0.29) is 28.0 Å². The number of halogens is 2. The fourth-order valence-corrected chi connectivity index (χ4v) is 1.78. The molecule has 0 bridgehead atoms. The van der Waals surface area contributed by atoms with Gasteiger partial charge in [0.1, 0.15) is 5.56 Å². The number of esters is 2. The van der Waals surface area contributed by atoms with Gasteiger partial charge in [-0.25, -0.2) is 9.59 Å². The average Bonchev–Trinajstić information content (AvgIpc) is 2.38. The van der Waals surface area contributed by atoms with Crippen LogP contribution >= 0.6 is 23.2 Å². The molecule has 0 N–H and O–H groups in total. The maximum Gasteiger partial charge on any atom is 0.344 e. The van der Waals surface area contributed by atoms with Crippen molar-refractivity contribution in [2.24, 2.45) is 0 Å². The largest absolute Gasteiger partial charge is 0.494 e. The minimum Gasteiger partial charge on any atom is -0.494 e. The second-order valence-electron chi connectivity index (χ2n) is 3.32. The molecule has 104 valence electrons. The van der Waals surface area contributed by atoms with E-state index < -0.39 is 18.5 Å². The molecule has 0 amide bonds. The molecule has 0 aliphatic rings. The van der Waals surface area contributed by atoms with Gasteiger partial charge < -0.3 is 14.2 Å². The Labute approximate surface area is 120 Å². The van der Waals surface area contributed by atoms with Crippen LogP contribution in [0, 0.1) is 0 Å². The fraction of sp³-hybridized carbons (Fsp3) is 0.333. The number of rotatable bonds is 5. The predicted molar refractivity (Wildman–Crippen MR) is 69.9 cm³/mol. The number of ether oxygens (including phenoxy) is 3. The highest BCUT2D eigenvalue weighted by molar-refractivity contribution is 6.37. The molecule has 0 radical (unpaired) electrons. The van der Waals surface area contributed by atoms with Gasteiger partial charge in [-0.1, -0.05) is 23.2 Å². The zero-order valence-corrected chi connectivity index (χ0v) is 11.9. The van der Waals surface area contributed by atoms with Gasteiger partial charge in [-0.3, -0.25) is 0 Å². The summed E-state index contributed by atoms with van der Waals surface area (Å²) in [6, 6.07) is 2.93. The minimum absolute atomic E-state index is 0.0269. The van der Waals surface area contributed by atoms with Crippen LogP contribution in [0.2, 0.25) is 10.0 Å². The normalized spacial score (nSPS) is 9.89. The second kappa shape index (κ2) is 7.21. The summed E-state index contributed by atoms with van der Waals surface area (Å²) in [5.41, 5.74) is -0.0269. The second-order valence-corrected chi connectivity index (χ2v) is 4.13. The summed E-state index contributed by atoms with van der Waals surface area (Å²) in [7, 11) is 1.35. The molecule has 0 atom stereocenters. The van der Waals surface area contributed by atoms with Crippen LogP contribution in [0.15, 0.2) is 12.1 Å². The Balaban J connectivity index is 2.88. The summed E-state index contributed by atoms with van der Waals surface area (Å²) in [5, 5.41) is 0.338. The summed E-state index contributed by atoms with van der Waals surface area (Å²) in [6.07, 6.45) is 0. The summed E-state index contributed by atoms with van der Waals surface area (Å²) >= 11 is 11.8. The Kier molecular flexibility index (Phi) is 5.92. The van der Waals surface area contributed by atoms with Crippen molar-refractivity contribution in [2.45, 2.75) is 6.92 Å². The molecule has 5 nitrogen and oxygen atoms in total. The summed E-state index contributed by atoms with van der Waals surface area (Å²) in [6.45, 7) is 1.35. The van der Waals surface area contributed by atoms with Crippen molar-refractivity contribution in [1.82, 2.24) is 0 Å². The number of hydrogen-bond acceptors (Lipinski definition) is 5. The van der Waals surface area contributed by atoms with Crippen molar-refractivity contribution >= 4 is 35.1 Å². The first-order valence-electron chi connectivity index (χ1n) is 5.36. The van der Waals surface area contributed by atoms with E-state index in [1.165, 1.54) is 19.2 Å². The highest BCUT2D eigenvalue weighted by Crippen LogP contribution is 2.34. The lowest BCUT2D eigenvalue weighted by Crippen LogP contribution is -2.17. The van der Waals surface area contributed by atoms with E-state index in [9.17, 15) is 9.59 Å². The van der Waals surface area contributed by atoms with Crippen molar-refractivity contribution in [1.29, 1.82) is 0 Å². The molecular weight excluding hydrogens is 295 g/mol. The molecule has 0 spiro atoms. The smallest absolute Gasteiger partial charge is 0.344 e. The number of carbonyl (C=O) groups excluding carboxylic acids is 2. The molecule has 19 heavy (non-hydrogen) atoms. The lowest BCUT2D eigenvalue weighted by atomic mass is 10.2. The third-order valence-corrected chi connectivity index (χ3v) is 2.71. The van der Waals surface area contributed by atoms with E-state index in [4.69, 9.17) is 32.7 Å². The molecule has 0 fully saturated rings. The Hall–Kier alpha value is -1.46. The zero-order valence-electron chi connectivity index (χ0n) is 10.4. The quantitative estimate of drug-likeness (QED) is 0.783. The topological polar surface area (TPSA) is 61.8 Å². The maximum atomic E-state index is 11.9. The van der Waals surface area contributed by atoms with Gasteiger partial charge >= 0.3 is 11.9 Å². The third kappa shape index (κ3) is 4.01. The molecule has 7 heteroatoms. The Morgan fingerprint density at radius 3 is 2.37 bits per heavy atom. The Morgan fingerprint density at radius 1 is 1.16 bits per heavy atom. The van der Waals surface area contributed by atoms with Gasteiger partial charge in [0, 0.05) is 0 Å². The van der Waals surface area contributed by atoms with Gasteiger partial charge in [-0.05, 0) is 19.1 Å². The monoisotopic (exact) mass is 306 g/mol. The highest BCUT2D eigenvalue weighted by atomic mass is 35.5. The molecule has 1 aromatic carbocycles. The summed E-state index contributed by atoms with van der Waals surface area (Å²) < 4.78 is 14.4. The summed E-state index contributed by atoms with van der Waals surface area (Å²) in [5.74, 6) is -1.35. The van der Waals surface area contributed by atoms with Crippen molar-refractivity contribution in [3.8, 4) is 5.75 Å². The van der Waals surface area contributed by atoms with Gasteiger partial charge in [0.25, 0.3) is 0 Å². The van der Waals surface area contributed by atoms with E-state index in [1.54, 1.807) is 6.92 Å². The van der Waals surface area contributed by atoms with Gasteiger partial charge in [0.05, 0.1) is 23.8 Å². The third-order valence-electron chi connectivity index (χ3n) is 2.09. The number of carbonyl (C=O) groups is 2. The zero-order chi connectivity index (χ0) is 14.4. The van der Waals surface area contributed by atoms with Crippen LogP contribution in [0.5, 0.6) is 5.75 Å². The molecule has 0 heterocycles. The van der Waals surface area contributed by atoms with E-state index in [1.807, 2.05) is 0 Å². The molecule has 0 aliphatic carbocycles. The lowest BCUT2D eigenvalue weighted by molar-refractivity contribution is -0.146. The van der Waals surface area contributed by atoms with Crippen LogP contribution in [0.4, 0.5) is 0 Å². The Morgan fingerprint density at radius 2 is 1.79 bits per heavy atom. The molecular formula is C12H12Cl2O5. The van der Waals surface area contributed by atoms with E-state index in [0.29, 0.717) is 0 Å². The van der Waals surface area contributed by atoms with Crippen LogP contribution in [0.3, 0.4) is 0 Å². The average molecular weight is 307 g/mol. The molecule has 1 rings (SSSR count). The van der Waals surface area contributed by atoms with Crippen LogP contribution < -0.4 is 4.74 Å². The van der Waals surface area contributed by atoms with Gasteiger partial charge in [-0.15, -0.1) is 0 Å². The molecule has 0 saturated carbocycles. The van der Waals surface area contributed by atoms with Crippen molar-refractivity contribution < 1.29 is 23.8 Å². The van der Waals surface area contributed by atoms with Crippen molar-refractivity contribution in [3.63, 3.8) is 0 Å². The standard InChI is InChI=1S/C12H12Cl2O5/c1-3-18-9(15)6-19-12(16)10-7(13)4-5-8(14)11(10)17-2/h4-5H,3,6H2,1-2H3. The molecule has 0 aliphatic heterocycles. The van der Waals surface area contributed by atoms with Crippen LogP contribution in [-0.2, 0) is 14.3 Å². The molecule has 0 unspecified atom stereocenters. The number of hydrogen-bond donors (Lipinski definition) is 0. The first-order valence-corrected chi connectivity index (χ1v) is 6.11. The van der Waals surface area contributed by atoms with E-state index in [2.05, 4.69) is 4.74 Å². The van der Waals surface area contributed by atoms with Crippen LogP contribution in [-0.4, -0.2) is 32.3 Å². The Bertz CT molecular complexity index is 487. The lowest BCUT2D eigenvalue weighted by Gasteiger charge is -2.11. The SMILES string of the molecule is CCOC(=O)COC(=O)c1c(Cl)ccc(Cl)c1OC. The van der Waals surface area contributed by atoms with Gasteiger partial charge in [-0.2, -0.15) is 0 Å². The van der Waals surface area contributed by atoms with Crippen LogP contribution in [0.25, 0.3) is 0 Å². The van der Waals surface area contributed by atoms with Gasteiger partial charge in [0.15, 0.2) is 12.4 Å². The molecule has 0 saturated heterocycles. The minimum atomic E-state index is -0.808. The predicted octanol–water partition coefficient (Wildman–Crippen LogP) is 2.72. The first-order chi connectivity index (χ1) is 9.01. The number of benzene rings is 1. The fourth-order valence-electron chi connectivity index (χ4n) is 1.32. The molecule has 0 aromatic heterocycles. The maximum absolute atomic E-state index is 11.9. The van der Waals surface area contributed by atoms with E-state index >= 15 is 0 Å². The van der Waals surface area contributed by atoms with Crippen molar-refractivity contribution in [2.75, 3.05) is 20.3 Å². The van der Waals surface area contributed by atoms with Crippen LogP contribution in [0.1, 0.15) is 17.3 Å². The highest BCUT2D eigenvalue weighted by Gasteiger charge is 2.21. The first kappa shape index (κ1) is 15.6. The number of methoxy groups -OCH3 is 1. The van der Waals surface area contributed by atoms with Gasteiger partial charge in [0.2, 0.25) is 0 Å². The summed E-state index contributed by atoms with van der Waals surface area (Å²) in [4.78, 5) is 22.9. The van der Waals surface area contributed by atoms with Crippen molar-refractivity contribution in [3.05, 3.63) is 27.7 Å².